The van der Waals surface area contributed by atoms with E-state index in [1.807, 2.05) is 18.7 Å². The van der Waals surface area contributed by atoms with Crippen LogP contribution in [0.2, 0.25) is 0 Å². The smallest absolute Gasteiger partial charge is 0.241 e. The number of carbonyl (C=O) groups is 1. The molecule has 1 amide bonds. The Balaban J connectivity index is 2.66. The summed E-state index contributed by atoms with van der Waals surface area (Å²) in [5.74, 6) is 0.811. The third-order valence-corrected chi connectivity index (χ3v) is 3.36. The minimum Gasteiger partial charge on any atom is -0.377 e. The van der Waals surface area contributed by atoms with E-state index in [1.54, 1.807) is 0 Å². The lowest BCUT2D eigenvalue weighted by Crippen LogP contribution is -2.42. The number of rotatable bonds is 7. The van der Waals surface area contributed by atoms with E-state index in [1.165, 1.54) is 0 Å². The van der Waals surface area contributed by atoms with Crippen molar-refractivity contribution in [3.63, 3.8) is 0 Å². The molecule has 1 rings (SSSR count). The molecule has 1 heterocycles. The molecule has 0 aromatic carbocycles. The van der Waals surface area contributed by atoms with Gasteiger partial charge in [0.2, 0.25) is 5.91 Å². The number of ether oxygens (including phenoxy) is 1. The van der Waals surface area contributed by atoms with Crippen molar-refractivity contribution in [3.05, 3.63) is 0 Å². The first-order valence-corrected chi connectivity index (χ1v) is 7.17. The summed E-state index contributed by atoms with van der Waals surface area (Å²) in [4.78, 5) is 14.2. The minimum absolute atomic E-state index is 0.0115. The van der Waals surface area contributed by atoms with Crippen molar-refractivity contribution in [2.75, 3.05) is 13.2 Å². The van der Waals surface area contributed by atoms with Crippen molar-refractivity contribution in [3.8, 4) is 0 Å². The van der Waals surface area contributed by atoms with E-state index in [4.69, 9.17) is 4.74 Å². The molecule has 0 saturated carbocycles. The lowest BCUT2D eigenvalue weighted by atomic mass is 10.1. The summed E-state index contributed by atoms with van der Waals surface area (Å²) in [5, 5.41) is 3.44. The highest BCUT2D eigenvalue weighted by Crippen LogP contribution is 2.19. The van der Waals surface area contributed by atoms with Crippen molar-refractivity contribution >= 4 is 5.91 Å². The van der Waals surface area contributed by atoms with E-state index in [-0.39, 0.29) is 24.2 Å². The van der Waals surface area contributed by atoms with Gasteiger partial charge in [-0.3, -0.25) is 10.1 Å². The van der Waals surface area contributed by atoms with Crippen LogP contribution in [-0.2, 0) is 9.53 Å². The van der Waals surface area contributed by atoms with E-state index in [0.29, 0.717) is 19.1 Å². The maximum absolute atomic E-state index is 12.3. The summed E-state index contributed by atoms with van der Waals surface area (Å²) in [5.41, 5.74) is 0. The van der Waals surface area contributed by atoms with E-state index in [0.717, 1.165) is 12.8 Å². The van der Waals surface area contributed by atoms with Crippen LogP contribution in [0.25, 0.3) is 0 Å². The maximum atomic E-state index is 12.3. The lowest BCUT2D eigenvalue weighted by Gasteiger charge is -2.28. The molecule has 0 radical (unpaired) electrons. The molecule has 1 fully saturated rings. The van der Waals surface area contributed by atoms with Gasteiger partial charge in [-0.1, -0.05) is 20.8 Å². The Kier molecular flexibility index (Phi) is 6.09. The molecule has 4 nitrogen and oxygen atoms in total. The van der Waals surface area contributed by atoms with Gasteiger partial charge in [0.05, 0.1) is 18.3 Å². The molecule has 3 unspecified atom stereocenters. The zero-order valence-corrected chi connectivity index (χ0v) is 12.4. The van der Waals surface area contributed by atoms with Crippen LogP contribution in [0.15, 0.2) is 0 Å². The topological polar surface area (TPSA) is 41.6 Å². The predicted octanol–water partition coefficient (Wildman–Crippen LogP) is 1.99. The number of hydrogen-bond acceptors (Lipinski definition) is 3. The van der Waals surface area contributed by atoms with E-state index in [2.05, 4.69) is 26.1 Å². The van der Waals surface area contributed by atoms with Crippen molar-refractivity contribution in [2.24, 2.45) is 5.92 Å². The molecule has 18 heavy (non-hydrogen) atoms. The first kappa shape index (κ1) is 15.4. The van der Waals surface area contributed by atoms with Gasteiger partial charge in [-0.05, 0) is 32.6 Å². The molecule has 1 saturated heterocycles. The molecule has 3 atom stereocenters. The van der Waals surface area contributed by atoms with Crippen molar-refractivity contribution in [1.29, 1.82) is 0 Å². The van der Waals surface area contributed by atoms with Crippen LogP contribution in [0, 0.1) is 5.92 Å². The summed E-state index contributed by atoms with van der Waals surface area (Å²) in [6.45, 7) is 11.8. The highest BCUT2D eigenvalue weighted by atomic mass is 16.5. The van der Waals surface area contributed by atoms with Gasteiger partial charge in [-0.25, -0.2) is 0 Å². The van der Waals surface area contributed by atoms with Crippen molar-refractivity contribution in [1.82, 2.24) is 10.2 Å². The molecule has 1 aliphatic heterocycles. The van der Waals surface area contributed by atoms with Crippen LogP contribution in [0.5, 0.6) is 0 Å². The van der Waals surface area contributed by atoms with E-state index >= 15 is 0 Å². The zero-order valence-electron chi connectivity index (χ0n) is 12.4. The largest absolute Gasteiger partial charge is 0.377 e. The molecular formula is C14H28N2O2. The summed E-state index contributed by atoms with van der Waals surface area (Å²) < 4.78 is 5.55. The van der Waals surface area contributed by atoms with Crippen molar-refractivity contribution in [2.45, 2.75) is 65.8 Å². The number of hydrogen-bond donors (Lipinski definition) is 1. The number of nitrogens with zero attached hydrogens (tertiary/aromatic N) is 1. The Labute approximate surface area is 111 Å². The molecule has 4 heteroatoms. The Bertz CT molecular complexity index is 269. The van der Waals surface area contributed by atoms with Crippen LogP contribution in [-0.4, -0.2) is 42.3 Å². The van der Waals surface area contributed by atoms with Gasteiger partial charge in [-0.2, -0.15) is 0 Å². The normalized spacial score (nSPS) is 26.1. The average molecular weight is 256 g/mol. The van der Waals surface area contributed by atoms with Crippen LogP contribution < -0.4 is 5.32 Å². The van der Waals surface area contributed by atoms with Gasteiger partial charge in [0.25, 0.3) is 0 Å². The lowest BCUT2D eigenvalue weighted by molar-refractivity contribution is -0.132. The summed E-state index contributed by atoms with van der Waals surface area (Å²) in [6, 6.07) is -0.0115. The first-order valence-electron chi connectivity index (χ1n) is 7.17. The molecule has 0 aliphatic carbocycles. The zero-order chi connectivity index (χ0) is 13.7. The molecular weight excluding hydrogens is 228 g/mol. The maximum Gasteiger partial charge on any atom is 0.241 e. The van der Waals surface area contributed by atoms with Crippen LogP contribution in [0.4, 0.5) is 0 Å². The standard InChI is InChI=1S/C14H28N2O2/c1-6-12-14(17)16(9-11(5)18-7-2)13(15-12)8-10(3)4/h10-13,15H,6-9H2,1-5H3. The van der Waals surface area contributed by atoms with E-state index < -0.39 is 0 Å². The Hall–Kier alpha value is -0.610. The highest BCUT2D eigenvalue weighted by Gasteiger charge is 2.38. The summed E-state index contributed by atoms with van der Waals surface area (Å²) >= 11 is 0. The number of nitrogens with one attached hydrogen (secondary N) is 1. The fraction of sp³-hybridized carbons (Fsp3) is 0.929. The van der Waals surface area contributed by atoms with Gasteiger partial charge in [0, 0.05) is 13.2 Å². The summed E-state index contributed by atoms with van der Waals surface area (Å²) in [7, 11) is 0. The van der Waals surface area contributed by atoms with Gasteiger partial charge < -0.3 is 9.64 Å². The molecule has 0 spiro atoms. The fourth-order valence-corrected chi connectivity index (χ4v) is 2.51. The Morgan fingerprint density at radius 3 is 2.50 bits per heavy atom. The van der Waals surface area contributed by atoms with Crippen LogP contribution in [0.1, 0.15) is 47.5 Å². The second-order valence-electron chi connectivity index (χ2n) is 5.53. The molecule has 0 aromatic heterocycles. The second kappa shape index (κ2) is 7.10. The van der Waals surface area contributed by atoms with Gasteiger partial charge in [0.15, 0.2) is 0 Å². The fourth-order valence-electron chi connectivity index (χ4n) is 2.51. The summed E-state index contributed by atoms with van der Waals surface area (Å²) in [6.07, 6.45) is 2.13. The molecule has 106 valence electrons. The first-order chi connectivity index (χ1) is 8.49. The van der Waals surface area contributed by atoms with E-state index in [9.17, 15) is 4.79 Å². The number of carbonyl (C=O) groups excluding carboxylic acids is 1. The molecule has 0 aromatic rings. The van der Waals surface area contributed by atoms with Gasteiger partial charge >= 0.3 is 0 Å². The third-order valence-electron chi connectivity index (χ3n) is 3.36. The van der Waals surface area contributed by atoms with Gasteiger partial charge in [-0.15, -0.1) is 0 Å². The van der Waals surface area contributed by atoms with Gasteiger partial charge in [0.1, 0.15) is 0 Å². The molecule has 1 N–H and O–H groups in total. The Morgan fingerprint density at radius 2 is 2.00 bits per heavy atom. The van der Waals surface area contributed by atoms with Crippen LogP contribution >= 0.6 is 0 Å². The molecule has 1 aliphatic rings. The monoisotopic (exact) mass is 256 g/mol. The van der Waals surface area contributed by atoms with Crippen molar-refractivity contribution < 1.29 is 9.53 Å². The SMILES string of the molecule is CCOC(C)CN1C(=O)C(CC)NC1CC(C)C. The quantitative estimate of drug-likeness (QED) is 0.757. The number of amides is 1. The minimum atomic E-state index is -0.0115. The third kappa shape index (κ3) is 3.95. The predicted molar refractivity (Wildman–Crippen MR) is 73.3 cm³/mol. The Morgan fingerprint density at radius 1 is 1.33 bits per heavy atom. The second-order valence-corrected chi connectivity index (χ2v) is 5.53. The average Bonchev–Trinajstić information content (AvgIpc) is 2.57. The molecule has 0 bridgehead atoms. The van der Waals surface area contributed by atoms with Crippen LogP contribution in [0.3, 0.4) is 0 Å². The highest BCUT2D eigenvalue weighted by molar-refractivity contribution is 5.84.